The summed E-state index contributed by atoms with van der Waals surface area (Å²) in [5, 5.41) is 4.55. The first-order chi connectivity index (χ1) is 22.1. The number of fused-ring (bicyclic) bond motifs is 8. The van der Waals surface area contributed by atoms with Crippen LogP contribution in [0.2, 0.25) is 0 Å². The zero-order chi connectivity index (χ0) is 29.9. The highest BCUT2D eigenvalue weighted by molar-refractivity contribution is 7.99. The molecule has 3 heterocycles. The predicted molar refractivity (Wildman–Crippen MR) is 186 cm³/mol. The molecule has 0 fully saturated rings. The van der Waals surface area contributed by atoms with E-state index in [4.69, 9.17) is 9.97 Å². The van der Waals surface area contributed by atoms with Gasteiger partial charge in [0.25, 0.3) is 0 Å². The van der Waals surface area contributed by atoms with Crippen molar-refractivity contribution in [1.29, 1.82) is 0 Å². The first kappa shape index (κ1) is 25.2. The van der Waals surface area contributed by atoms with Gasteiger partial charge in [-0.1, -0.05) is 117 Å². The molecule has 2 aliphatic rings. The summed E-state index contributed by atoms with van der Waals surface area (Å²) in [6.07, 6.45) is 0. The minimum atomic E-state index is -0.0336. The second kappa shape index (κ2) is 8.93. The number of hydrogen-bond donors (Lipinski definition) is 0. The lowest BCUT2D eigenvalue weighted by molar-refractivity contribution is 0.660. The van der Waals surface area contributed by atoms with Crippen LogP contribution in [0.3, 0.4) is 0 Å². The van der Waals surface area contributed by atoms with Crippen LogP contribution in [0.4, 0.5) is 0 Å². The molecule has 1 aliphatic carbocycles. The van der Waals surface area contributed by atoms with Gasteiger partial charge in [0.2, 0.25) is 5.95 Å². The van der Waals surface area contributed by atoms with Gasteiger partial charge in [0.05, 0.1) is 16.6 Å². The van der Waals surface area contributed by atoms with Crippen LogP contribution in [0.25, 0.3) is 72.0 Å². The molecule has 4 heteroatoms. The zero-order valence-electron chi connectivity index (χ0n) is 24.9. The average Bonchev–Trinajstić information content (AvgIpc) is 3.53. The zero-order valence-corrected chi connectivity index (χ0v) is 25.7. The first-order valence-electron chi connectivity index (χ1n) is 15.4. The predicted octanol–water partition coefficient (Wildman–Crippen LogP) is 10.8. The fraction of sp³-hybridized carbons (Fsp3) is 0.0732. The van der Waals surface area contributed by atoms with Gasteiger partial charge in [-0.2, -0.15) is 0 Å². The molecule has 0 spiro atoms. The van der Waals surface area contributed by atoms with Gasteiger partial charge in [0.15, 0.2) is 0 Å². The van der Waals surface area contributed by atoms with Crippen molar-refractivity contribution in [3.05, 3.63) is 139 Å². The van der Waals surface area contributed by atoms with Crippen molar-refractivity contribution >= 4 is 44.5 Å². The molecule has 6 aromatic carbocycles. The molecule has 0 atom stereocenters. The molecule has 3 nitrogen and oxygen atoms in total. The van der Waals surface area contributed by atoms with Crippen LogP contribution >= 0.6 is 11.8 Å². The molecular weight excluding hydrogens is 567 g/mol. The molecule has 0 N–H and O–H groups in total. The standard InChI is InChI=1S/C41H27N3S/c1-41(2)32-14-6-3-10-26(32)27-20-18-25(23-33(27)41)24-19-21-36-31(22-24)28-11-4-7-16-35(28)44(36)40-42-34-15-9-13-30-29-12-5-8-17-37(29)45-39(43-40)38(30)34/h3-23H,1-2H3. The molecule has 10 rings (SSSR count). The molecule has 212 valence electrons. The molecule has 0 amide bonds. The maximum atomic E-state index is 5.24. The number of hydrogen-bond acceptors (Lipinski definition) is 3. The Morgan fingerprint density at radius 1 is 0.556 bits per heavy atom. The molecule has 1 aliphatic heterocycles. The highest BCUT2D eigenvalue weighted by Crippen LogP contribution is 2.50. The van der Waals surface area contributed by atoms with Gasteiger partial charge in [0.1, 0.15) is 5.03 Å². The third-order valence-corrected chi connectivity index (χ3v) is 10.9. The molecule has 45 heavy (non-hydrogen) atoms. The van der Waals surface area contributed by atoms with Crippen molar-refractivity contribution in [3.63, 3.8) is 0 Å². The molecule has 8 aromatic rings. The fourth-order valence-electron chi connectivity index (χ4n) is 7.67. The Labute approximate surface area is 265 Å². The molecule has 0 unspecified atom stereocenters. The fourth-order valence-corrected chi connectivity index (χ4v) is 8.76. The topological polar surface area (TPSA) is 30.7 Å². The lowest BCUT2D eigenvalue weighted by Crippen LogP contribution is -2.14. The highest BCUT2D eigenvalue weighted by atomic mass is 32.2. The second-order valence-corrected chi connectivity index (χ2v) is 13.7. The van der Waals surface area contributed by atoms with E-state index in [0.717, 1.165) is 27.0 Å². The Morgan fingerprint density at radius 3 is 2.20 bits per heavy atom. The Balaban J connectivity index is 1.16. The maximum absolute atomic E-state index is 5.24. The normalized spacial score (nSPS) is 14.1. The smallest absolute Gasteiger partial charge is 0.236 e. The van der Waals surface area contributed by atoms with Gasteiger partial charge >= 0.3 is 0 Å². The van der Waals surface area contributed by atoms with E-state index in [1.54, 1.807) is 11.8 Å². The monoisotopic (exact) mass is 593 g/mol. The van der Waals surface area contributed by atoms with Crippen LogP contribution in [0.5, 0.6) is 0 Å². The summed E-state index contributed by atoms with van der Waals surface area (Å²) < 4.78 is 2.24. The van der Waals surface area contributed by atoms with Crippen LogP contribution in [-0.2, 0) is 5.41 Å². The van der Waals surface area contributed by atoms with Crippen LogP contribution < -0.4 is 0 Å². The summed E-state index contributed by atoms with van der Waals surface area (Å²) in [6, 6.07) is 46.3. The second-order valence-electron chi connectivity index (χ2n) is 12.6. The van der Waals surface area contributed by atoms with Crippen molar-refractivity contribution in [2.45, 2.75) is 29.2 Å². The minimum absolute atomic E-state index is 0.0336. The van der Waals surface area contributed by atoms with Crippen LogP contribution in [0, 0.1) is 0 Å². The van der Waals surface area contributed by atoms with Gasteiger partial charge in [-0.05, 0) is 80.9 Å². The van der Waals surface area contributed by atoms with Crippen molar-refractivity contribution in [1.82, 2.24) is 14.5 Å². The third kappa shape index (κ3) is 3.43. The Hall–Kier alpha value is -5.19. The molecule has 0 saturated carbocycles. The van der Waals surface area contributed by atoms with Gasteiger partial charge in [-0.25, -0.2) is 9.97 Å². The number of aromatic nitrogens is 3. The van der Waals surface area contributed by atoms with E-state index in [2.05, 4.69) is 146 Å². The lowest BCUT2D eigenvalue weighted by atomic mass is 9.81. The molecular formula is C41H27N3S. The van der Waals surface area contributed by atoms with E-state index < -0.39 is 0 Å². The van der Waals surface area contributed by atoms with Crippen LogP contribution in [-0.4, -0.2) is 14.5 Å². The summed E-state index contributed by atoms with van der Waals surface area (Å²) in [4.78, 5) is 11.7. The number of benzene rings is 6. The average molecular weight is 594 g/mol. The minimum Gasteiger partial charge on any atom is -0.278 e. The first-order valence-corrected chi connectivity index (χ1v) is 16.2. The summed E-state index contributed by atoms with van der Waals surface area (Å²) in [7, 11) is 0. The summed E-state index contributed by atoms with van der Waals surface area (Å²) in [6.45, 7) is 4.68. The molecule has 0 bridgehead atoms. The van der Waals surface area contributed by atoms with Gasteiger partial charge in [0, 0.05) is 26.5 Å². The quantitative estimate of drug-likeness (QED) is 0.187. The Kier molecular flexibility index (Phi) is 5.00. The number of nitrogens with zero attached hydrogens (tertiary/aromatic N) is 3. The Morgan fingerprint density at radius 2 is 1.27 bits per heavy atom. The van der Waals surface area contributed by atoms with Crippen molar-refractivity contribution in [3.8, 4) is 39.3 Å². The SMILES string of the molecule is CC1(C)c2ccccc2-c2ccc(-c3ccc4c(c3)c3ccccc3n4-c3nc4c5c(cccc5n3)-c3ccccc3S4)cc21. The van der Waals surface area contributed by atoms with Gasteiger partial charge in [-0.15, -0.1) is 0 Å². The van der Waals surface area contributed by atoms with Crippen molar-refractivity contribution in [2.75, 3.05) is 0 Å². The highest BCUT2D eigenvalue weighted by Gasteiger charge is 2.35. The number of rotatable bonds is 2. The summed E-state index contributed by atoms with van der Waals surface area (Å²) in [5.41, 5.74) is 13.6. The van der Waals surface area contributed by atoms with Gasteiger partial charge in [-0.3, -0.25) is 4.57 Å². The molecule has 0 radical (unpaired) electrons. The largest absolute Gasteiger partial charge is 0.278 e. The maximum Gasteiger partial charge on any atom is 0.236 e. The molecule has 2 aromatic heterocycles. The van der Waals surface area contributed by atoms with E-state index in [1.807, 2.05) is 0 Å². The van der Waals surface area contributed by atoms with Crippen LogP contribution in [0.15, 0.2) is 137 Å². The molecule has 0 saturated heterocycles. The van der Waals surface area contributed by atoms with Crippen molar-refractivity contribution in [2.24, 2.45) is 0 Å². The van der Waals surface area contributed by atoms with Crippen molar-refractivity contribution < 1.29 is 0 Å². The van der Waals surface area contributed by atoms with E-state index >= 15 is 0 Å². The van der Waals surface area contributed by atoms with E-state index in [1.165, 1.54) is 60.2 Å². The van der Waals surface area contributed by atoms with E-state index in [-0.39, 0.29) is 5.41 Å². The number of para-hydroxylation sites is 1. The Bertz CT molecular complexity index is 2560. The third-order valence-electron chi connectivity index (χ3n) is 9.85. The lowest BCUT2D eigenvalue weighted by Gasteiger charge is -2.22. The van der Waals surface area contributed by atoms with Gasteiger partial charge < -0.3 is 0 Å². The summed E-state index contributed by atoms with van der Waals surface area (Å²) >= 11 is 1.74. The summed E-state index contributed by atoms with van der Waals surface area (Å²) in [5.74, 6) is 0.706. The van der Waals surface area contributed by atoms with Crippen LogP contribution in [0.1, 0.15) is 25.0 Å². The van der Waals surface area contributed by atoms with E-state index in [0.29, 0.717) is 5.95 Å². The van der Waals surface area contributed by atoms with E-state index in [9.17, 15) is 0 Å².